The van der Waals surface area contributed by atoms with E-state index in [-0.39, 0.29) is 24.0 Å². The van der Waals surface area contributed by atoms with Gasteiger partial charge in [0.15, 0.2) is 5.96 Å². The van der Waals surface area contributed by atoms with Gasteiger partial charge < -0.3 is 20.4 Å². The number of halogens is 3. The van der Waals surface area contributed by atoms with Gasteiger partial charge >= 0.3 is 0 Å². The van der Waals surface area contributed by atoms with Crippen molar-refractivity contribution in [3.05, 3.63) is 39.7 Å². The first-order valence-electron chi connectivity index (χ1n) is 7.99. The summed E-state index contributed by atoms with van der Waals surface area (Å²) >= 11 is 11.9. The van der Waals surface area contributed by atoms with Gasteiger partial charge in [-0.2, -0.15) is 0 Å². The van der Waals surface area contributed by atoms with E-state index in [2.05, 4.69) is 30.9 Å². The lowest BCUT2D eigenvalue weighted by atomic mass is 10.4. The second-order valence-electron chi connectivity index (χ2n) is 5.28. The van der Waals surface area contributed by atoms with Crippen LogP contribution in [0, 0.1) is 13.8 Å². The van der Waals surface area contributed by atoms with Crippen molar-refractivity contribution in [2.75, 3.05) is 25.0 Å². The van der Waals surface area contributed by atoms with Crippen molar-refractivity contribution in [1.29, 1.82) is 0 Å². The molecular formula is C16H23Cl2IN6O. The van der Waals surface area contributed by atoms with Crippen molar-refractivity contribution in [3.63, 3.8) is 0 Å². The van der Waals surface area contributed by atoms with Crippen LogP contribution in [0.25, 0.3) is 0 Å². The van der Waals surface area contributed by atoms with Crippen molar-refractivity contribution in [1.82, 2.24) is 20.6 Å². The summed E-state index contributed by atoms with van der Waals surface area (Å²) in [5, 5.41) is 10.5. The Morgan fingerprint density at radius 1 is 1.23 bits per heavy atom. The number of nitrogens with one attached hydrogen (secondary N) is 3. The number of aryl methyl sites for hydroxylation is 2. The highest BCUT2D eigenvalue weighted by Crippen LogP contribution is 2.21. The van der Waals surface area contributed by atoms with Crippen molar-refractivity contribution in [3.8, 4) is 0 Å². The molecule has 0 aliphatic carbocycles. The molecule has 0 fully saturated rings. The molecule has 26 heavy (non-hydrogen) atoms. The normalized spacial score (nSPS) is 11.0. The van der Waals surface area contributed by atoms with Gasteiger partial charge in [0, 0.05) is 25.8 Å². The maximum absolute atomic E-state index is 6.07. The fraction of sp³-hybridized carbons (Fsp3) is 0.438. The highest BCUT2D eigenvalue weighted by molar-refractivity contribution is 14.0. The van der Waals surface area contributed by atoms with E-state index in [9.17, 15) is 0 Å². The Bertz CT molecular complexity index is 718. The smallest absolute Gasteiger partial charge is 0.216 e. The summed E-state index contributed by atoms with van der Waals surface area (Å²) in [6.45, 7) is 8.20. The molecule has 0 radical (unpaired) electrons. The minimum absolute atomic E-state index is 0. The van der Waals surface area contributed by atoms with Crippen LogP contribution in [0.2, 0.25) is 10.0 Å². The molecule has 7 nitrogen and oxygen atoms in total. The first-order valence-corrected chi connectivity index (χ1v) is 8.75. The predicted octanol–water partition coefficient (Wildman–Crippen LogP) is 3.78. The number of anilines is 1. The van der Waals surface area contributed by atoms with E-state index in [0.717, 1.165) is 18.0 Å². The molecule has 0 spiro atoms. The van der Waals surface area contributed by atoms with Gasteiger partial charge in [-0.3, -0.25) is 0 Å². The van der Waals surface area contributed by atoms with E-state index >= 15 is 0 Å². The Morgan fingerprint density at radius 3 is 2.62 bits per heavy atom. The Balaban J connectivity index is 0.00000338. The number of aliphatic imine (C=N–C) groups is 1. The molecule has 0 saturated heterocycles. The Kier molecular flexibility index (Phi) is 10.0. The second kappa shape index (κ2) is 11.5. The number of nitrogens with zero attached hydrogens (tertiary/aromatic N) is 3. The molecule has 0 saturated carbocycles. The van der Waals surface area contributed by atoms with Gasteiger partial charge in [0.25, 0.3) is 0 Å². The van der Waals surface area contributed by atoms with E-state index in [0.29, 0.717) is 47.3 Å². The highest BCUT2D eigenvalue weighted by Gasteiger charge is 2.06. The molecule has 10 heteroatoms. The van der Waals surface area contributed by atoms with Gasteiger partial charge in [-0.15, -0.1) is 24.0 Å². The monoisotopic (exact) mass is 512 g/mol. The standard InChI is InChI=1S/C16H22Cl2N6O.HI/c1-4-19-16(23-9-14-24-10(2)11(3)25-14)21-6-5-20-15-13(18)7-12(17)8-22-15;/h7-8H,4-6,9H2,1-3H3,(H,20,22)(H2,19,21,23);1H. The number of rotatable bonds is 7. The molecule has 0 unspecified atom stereocenters. The van der Waals surface area contributed by atoms with Crippen LogP contribution in [0.1, 0.15) is 24.3 Å². The van der Waals surface area contributed by atoms with Gasteiger partial charge in [-0.1, -0.05) is 23.2 Å². The molecule has 144 valence electrons. The van der Waals surface area contributed by atoms with Crippen LogP contribution in [0.3, 0.4) is 0 Å². The summed E-state index contributed by atoms with van der Waals surface area (Å²) in [5.41, 5.74) is 0.889. The van der Waals surface area contributed by atoms with Crippen LogP contribution in [-0.4, -0.2) is 35.6 Å². The van der Waals surface area contributed by atoms with Gasteiger partial charge in [0.05, 0.1) is 15.7 Å². The summed E-state index contributed by atoms with van der Waals surface area (Å²) in [6, 6.07) is 1.65. The first-order chi connectivity index (χ1) is 12.0. The molecular weight excluding hydrogens is 490 g/mol. The van der Waals surface area contributed by atoms with Gasteiger partial charge in [0.2, 0.25) is 5.89 Å². The molecule has 0 atom stereocenters. The largest absolute Gasteiger partial charge is 0.444 e. The molecule has 0 aliphatic heterocycles. The molecule has 2 rings (SSSR count). The highest BCUT2D eigenvalue weighted by atomic mass is 127. The third-order valence-corrected chi connectivity index (χ3v) is 3.80. The lowest BCUT2D eigenvalue weighted by Gasteiger charge is -2.12. The Labute approximate surface area is 180 Å². The molecule has 0 aliphatic rings. The van der Waals surface area contributed by atoms with Gasteiger partial charge in [-0.25, -0.2) is 15.0 Å². The zero-order chi connectivity index (χ0) is 18.2. The molecule has 0 amide bonds. The topological polar surface area (TPSA) is 87.4 Å². The average molecular weight is 513 g/mol. The third-order valence-electron chi connectivity index (χ3n) is 3.31. The lowest BCUT2D eigenvalue weighted by molar-refractivity contribution is 0.473. The number of hydrogen-bond acceptors (Lipinski definition) is 5. The second-order valence-corrected chi connectivity index (χ2v) is 6.13. The van der Waals surface area contributed by atoms with Gasteiger partial charge in [0.1, 0.15) is 18.1 Å². The van der Waals surface area contributed by atoms with Gasteiger partial charge in [-0.05, 0) is 26.8 Å². The van der Waals surface area contributed by atoms with E-state index in [4.69, 9.17) is 27.6 Å². The lowest BCUT2D eigenvalue weighted by Crippen LogP contribution is -2.39. The van der Waals surface area contributed by atoms with E-state index in [1.54, 1.807) is 12.3 Å². The summed E-state index contributed by atoms with van der Waals surface area (Å²) in [5.74, 6) is 2.70. The van der Waals surface area contributed by atoms with Crippen LogP contribution in [-0.2, 0) is 6.54 Å². The maximum Gasteiger partial charge on any atom is 0.216 e. The average Bonchev–Trinajstić information content (AvgIpc) is 2.89. The first kappa shape index (κ1) is 22.8. The fourth-order valence-corrected chi connectivity index (χ4v) is 2.45. The molecule has 2 aromatic heterocycles. The number of aromatic nitrogens is 2. The summed E-state index contributed by atoms with van der Waals surface area (Å²) < 4.78 is 5.53. The SMILES string of the molecule is CCNC(=NCc1nc(C)c(C)o1)NCCNc1ncc(Cl)cc1Cl.I. The molecule has 3 N–H and O–H groups in total. The minimum atomic E-state index is 0. The number of guanidine groups is 1. The Morgan fingerprint density at radius 2 is 2.00 bits per heavy atom. The number of hydrogen-bond donors (Lipinski definition) is 3. The molecule has 0 aromatic carbocycles. The number of oxazole rings is 1. The number of pyridine rings is 1. The van der Waals surface area contributed by atoms with Crippen molar-refractivity contribution >= 4 is 59.0 Å². The van der Waals surface area contributed by atoms with Crippen molar-refractivity contribution < 1.29 is 4.42 Å². The third kappa shape index (κ3) is 7.16. The van der Waals surface area contributed by atoms with Crippen LogP contribution in [0.15, 0.2) is 21.7 Å². The zero-order valence-electron chi connectivity index (χ0n) is 14.9. The summed E-state index contributed by atoms with van der Waals surface area (Å²) in [6.07, 6.45) is 1.55. The van der Waals surface area contributed by atoms with Crippen LogP contribution < -0.4 is 16.0 Å². The zero-order valence-corrected chi connectivity index (χ0v) is 18.7. The molecule has 2 aromatic rings. The predicted molar refractivity (Wildman–Crippen MR) is 117 cm³/mol. The van der Waals surface area contributed by atoms with E-state index in [1.807, 2.05) is 20.8 Å². The minimum Gasteiger partial charge on any atom is -0.444 e. The Hall–Kier alpha value is -1.26. The van der Waals surface area contributed by atoms with Crippen LogP contribution >= 0.6 is 47.2 Å². The molecule has 2 heterocycles. The van der Waals surface area contributed by atoms with Crippen molar-refractivity contribution in [2.24, 2.45) is 4.99 Å². The molecule has 0 bridgehead atoms. The van der Waals surface area contributed by atoms with Crippen LogP contribution in [0.4, 0.5) is 5.82 Å². The quantitative estimate of drug-likeness (QED) is 0.226. The van der Waals surface area contributed by atoms with Crippen molar-refractivity contribution in [2.45, 2.75) is 27.3 Å². The van der Waals surface area contributed by atoms with Crippen LogP contribution in [0.5, 0.6) is 0 Å². The summed E-state index contributed by atoms with van der Waals surface area (Å²) in [7, 11) is 0. The maximum atomic E-state index is 6.07. The fourth-order valence-electron chi connectivity index (χ4n) is 2.00. The van der Waals surface area contributed by atoms with E-state index in [1.165, 1.54) is 0 Å². The summed E-state index contributed by atoms with van der Waals surface area (Å²) in [4.78, 5) is 12.9. The van der Waals surface area contributed by atoms with E-state index < -0.39 is 0 Å².